The van der Waals surface area contributed by atoms with Crippen LogP contribution in [-0.4, -0.2) is 103 Å². The van der Waals surface area contributed by atoms with Gasteiger partial charge in [0, 0.05) is 45.8 Å². The van der Waals surface area contributed by atoms with E-state index < -0.39 is 33.9 Å². The number of carbonyl (C=O) groups excluding carboxylic acids is 3. The van der Waals surface area contributed by atoms with Crippen molar-refractivity contribution in [2.24, 2.45) is 0 Å². The molecule has 1 saturated carbocycles. The molecule has 0 bridgehead atoms. The molecule has 0 spiro atoms. The Labute approximate surface area is 271 Å². The number of aryl methyl sites for hydroxylation is 1. The minimum atomic E-state index is -4.21. The van der Waals surface area contributed by atoms with Crippen LogP contribution in [-0.2, 0) is 43.6 Å². The number of carboxylic acid groups (broad SMARTS) is 1. The monoisotopic (exact) mass is 664 g/mol. The average Bonchev–Trinajstić information content (AvgIpc) is 3.36. The van der Waals surface area contributed by atoms with Crippen molar-refractivity contribution >= 4 is 34.2 Å². The number of rotatable bonds is 16. The Bertz CT molecular complexity index is 1380. The number of nitrogens with zero attached hydrogens (tertiary/aromatic N) is 3. The first-order valence-corrected chi connectivity index (χ1v) is 17.6. The molecule has 2 fully saturated rings. The molecular weight excluding hydrogens is 616 g/mol. The van der Waals surface area contributed by atoms with Crippen LogP contribution < -0.4 is 15.4 Å². The molecule has 0 aromatic heterocycles. The molecule has 2 aliphatic heterocycles. The van der Waals surface area contributed by atoms with Crippen LogP contribution in [0.3, 0.4) is 0 Å². The smallest absolute Gasteiger partial charge is 0.407 e. The van der Waals surface area contributed by atoms with E-state index in [4.69, 9.17) is 4.18 Å². The molecule has 1 aromatic carbocycles. The summed E-state index contributed by atoms with van der Waals surface area (Å²) in [4.78, 5) is 54.3. The van der Waals surface area contributed by atoms with Gasteiger partial charge >= 0.3 is 22.4 Å². The summed E-state index contributed by atoms with van der Waals surface area (Å²) in [5.74, 6) is -0.914. The summed E-state index contributed by atoms with van der Waals surface area (Å²) in [6.45, 7) is 5.55. The van der Waals surface area contributed by atoms with Gasteiger partial charge in [-0.25, -0.2) is 18.5 Å². The fraction of sp³-hybridized carbons (Fsp3) is 0.677. The fourth-order valence-electron chi connectivity index (χ4n) is 6.01. The molecule has 15 heteroatoms. The highest BCUT2D eigenvalue weighted by molar-refractivity contribution is 7.85. The minimum Gasteiger partial charge on any atom is -0.465 e. The molecule has 4 N–H and O–H groups in total. The summed E-state index contributed by atoms with van der Waals surface area (Å²) >= 11 is 0. The molecule has 1 aliphatic carbocycles. The normalized spacial score (nSPS) is 19.0. The highest BCUT2D eigenvalue weighted by atomic mass is 32.2. The highest BCUT2D eigenvalue weighted by Crippen LogP contribution is 2.39. The molecular formula is C31H48N6O8S. The molecule has 1 saturated heterocycles. The zero-order chi connectivity index (χ0) is 33.5. The lowest BCUT2D eigenvalue weighted by Crippen LogP contribution is -2.52. The predicted octanol–water partition coefficient (Wildman–Crippen LogP) is 2.32. The van der Waals surface area contributed by atoms with Crippen LogP contribution in [0.25, 0.3) is 0 Å². The number of likely N-dealkylation sites (tertiary alicyclic amines) is 1. The van der Waals surface area contributed by atoms with Crippen molar-refractivity contribution in [1.82, 2.24) is 30.1 Å². The molecule has 4 rings (SSSR count). The van der Waals surface area contributed by atoms with Crippen LogP contribution in [0.1, 0.15) is 81.9 Å². The van der Waals surface area contributed by atoms with Gasteiger partial charge in [0.05, 0.1) is 18.2 Å². The lowest BCUT2D eigenvalue weighted by Gasteiger charge is -2.27. The molecule has 46 heavy (non-hydrogen) atoms. The van der Waals surface area contributed by atoms with Crippen molar-refractivity contribution in [3.8, 4) is 0 Å². The first-order valence-electron chi connectivity index (χ1n) is 16.2. The van der Waals surface area contributed by atoms with Crippen LogP contribution in [0.15, 0.2) is 18.2 Å². The molecule has 2 heterocycles. The molecule has 2 atom stereocenters. The predicted molar refractivity (Wildman–Crippen MR) is 170 cm³/mol. The lowest BCUT2D eigenvalue weighted by atomic mass is 9.98. The van der Waals surface area contributed by atoms with Crippen LogP contribution in [0.5, 0.6) is 0 Å². The molecule has 14 nitrogen and oxygen atoms in total. The average molecular weight is 665 g/mol. The summed E-state index contributed by atoms with van der Waals surface area (Å²) in [7, 11) is -2.51. The summed E-state index contributed by atoms with van der Waals surface area (Å²) in [5, 5.41) is 15.1. The number of carbonyl (C=O) groups is 4. The van der Waals surface area contributed by atoms with Gasteiger partial charge in [-0.3, -0.25) is 14.5 Å². The first kappa shape index (κ1) is 35.4. The van der Waals surface area contributed by atoms with Crippen LogP contribution >= 0.6 is 0 Å². The van der Waals surface area contributed by atoms with E-state index in [9.17, 15) is 32.7 Å². The zero-order valence-corrected chi connectivity index (χ0v) is 27.9. The van der Waals surface area contributed by atoms with Gasteiger partial charge in [0.2, 0.25) is 5.91 Å². The third-order valence-electron chi connectivity index (χ3n) is 9.04. The highest BCUT2D eigenvalue weighted by Gasteiger charge is 2.44. The third kappa shape index (κ3) is 9.79. The number of unbranched alkanes of at least 4 members (excludes halogenated alkanes) is 2. The summed E-state index contributed by atoms with van der Waals surface area (Å²) in [5.41, 5.74) is 2.61. The van der Waals surface area contributed by atoms with E-state index >= 15 is 0 Å². The number of benzene rings is 1. The van der Waals surface area contributed by atoms with E-state index in [1.54, 1.807) is 30.7 Å². The van der Waals surface area contributed by atoms with Gasteiger partial charge in [0.15, 0.2) is 0 Å². The number of urea groups is 1. The lowest BCUT2D eigenvalue weighted by molar-refractivity contribution is -0.130. The van der Waals surface area contributed by atoms with Crippen molar-refractivity contribution in [3.63, 3.8) is 0 Å². The molecule has 1 aromatic rings. The van der Waals surface area contributed by atoms with Crippen LogP contribution in [0, 0.1) is 0 Å². The Morgan fingerprint density at radius 1 is 1.15 bits per heavy atom. The largest absolute Gasteiger partial charge is 0.465 e. The maximum absolute atomic E-state index is 13.0. The quantitative estimate of drug-likeness (QED) is 0.193. The minimum absolute atomic E-state index is 0.141. The Kier molecular flexibility index (Phi) is 11.9. The second-order valence-electron chi connectivity index (χ2n) is 12.8. The van der Waals surface area contributed by atoms with Crippen molar-refractivity contribution in [2.75, 3.05) is 33.2 Å². The summed E-state index contributed by atoms with van der Waals surface area (Å²) in [6.07, 6.45) is 5.68. The van der Waals surface area contributed by atoms with Gasteiger partial charge in [-0.1, -0.05) is 31.5 Å². The van der Waals surface area contributed by atoms with Gasteiger partial charge in [0.25, 0.3) is 5.91 Å². The number of hydrogen-bond acceptors (Lipinski definition) is 8. The fourth-order valence-corrected chi connectivity index (χ4v) is 7.13. The van der Waals surface area contributed by atoms with Crippen molar-refractivity contribution in [1.29, 1.82) is 0 Å². The van der Waals surface area contributed by atoms with E-state index in [1.165, 1.54) is 10.5 Å². The van der Waals surface area contributed by atoms with Crippen LogP contribution in [0.4, 0.5) is 9.59 Å². The topological polar surface area (TPSA) is 178 Å². The van der Waals surface area contributed by atoms with E-state index in [1.807, 2.05) is 16.9 Å². The summed E-state index contributed by atoms with van der Waals surface area (Å²) in [6, 6.07) is 4.73. The Morgan fingerprint density at radius 3 is 2.61 bits per heavy atom. The second kappa shape index (κ2) is 15.4. The molecule has 0 radical (unpaired) electrons. The maximum atomic E-state index is 13.0. The van der Waals surface area contributed by atoms with Crippen molar-refractivity contribution in [3.05, 3.63) is 34.9 Å². The Balaban J connectivity index is 1.13. The number of fused-ring (bicyclic) bond motifs is 1. The zero-order valence-electron chi connectivity index (χ0n) is 27.0. The first-order chi connectivity index (χ1) is 21.8. The van der Waals surface area contributed by atoms with E-state index in [-0.39, 0.29) is 24.5 Å². The van der Waals surface area contributed by atoms with E-state index in [0.29, 0.717) is 52.0 Å². The van der Waals surface area contributed by atoms with E-state index in [0.717, 1.165) is 49.7 Å². The SMILES string of the molecule is CCC(NCC1CCCN1C(=O)CNC(=O)N(C)CCCCCc1cccc2c1CN(C(=O)O)C2)C(=O)NS(=O)(=O)OC1(C)CC1. The van der Waals surface area contributed by atoms with Gasteiger partial charge in [-0.2, -0.15) is 8.42 Å². The Morgan fingerprint density at radius 2 is 1.91 bits per heavy atom. The van der Waals surface area contributed by atoms with Gasteiger partial charge in [-0.15, -0.1) is 0 Å². The maximum Gasteiger partial charge on any atom is 0.407 e. The van der Waals surface area contributed by atoms with Gasteiger partial charge in [0.1, 0.15) is 0 Å². The molecule has 2 unspecified atom stereocenters. The number of nitrogens with one attached hydrogen (secondary N) is 3. The summed E-state index contributed by atoms with van der Waals surface area (Å²) < 4.78 is 31.5. The number of hydrogen-bond donors (Lipinski definition) is 4. The van der Waals surface area contributed by atoms with E-state index in [2.05, 4.69) is 16.7 Å². The van der Waals surface area contributed by atoms with Gasteiger partial charge in [-0.05, 0) is 75.0 Å². The van der Waals surface area contributed by atoms with Crippen LogP contribution in [0.2, 0.25) is 0 Å². The third-order valence-corrected chi connectivity index (χ3v) is 10.1. The molecule has 3 aliphatic rings. The number of amides is 5. The second-order valence-corrected chi connectivity index (χ2v) is 14.1. The molecule has 5 amide bonds. The van der Waals surface area contributed by atoms with Crippen molar-refractivity contribution < 1.29 is 36.9 Å². The van der Waals surface area contributed by atoms with Gasteiger partial charge < -0.3 is 25.5 Å². The van der Waals surface area contributed by atoms with Crippen molar-refractivity contribution in [2.45, 2.75) is 102 Å². The Hall–Kier alpha value is -3.43. The molecule has 256 valence electrons. The standard InChI is InChI=1S/C31H48N6O8S/c1-4-26(28(39)34-46(43,44)45-31(2)14-15-31)32-18-24-13-9-17-37(24)27(38)19-33-29(40)35(3)16-7-5-6-10-22-11-8-12-23-20-36(30(41)42)21-25(22)23/h8,11-12,24,26,32H,4-7,9-10,13-21H2,1-3H3,(H,33,40)(H,34,39)(H,41,42).